The normalized spacial score (nSPS) is 11.3. The van der Waals surface area contributed by atoms with E-state index in [9.17, 15) is 9.59 Å². The van der Waals surface area contributed by atoms with Crippen molar-refractivity contribution in [2.24, 2.45) is 0 Å². The van der Waals surface area contributed by atoms with Gasteiger partial charge in [0.15, 0.2) is 0 Å². The van der Waals surface area contributed by atoms with Crippen molar-refractivity contribution in [1.29, 1.82) is 0 Å². The highest BCUT2D eigenvalue weighted by atomic mass is 16.6. The van der Waals surface area contributed by atoms with Crippen LogP contribution >= 0.6 is 0 Å². The summed E-state index contributed by atoms with van der Waals surface area (Å²) in [5.74, 6) is -0.433. The predicted octanol–water partition coefficient (Wildman–Crippen LogP) is 3.27. The number of unbranched alkanes of at least 4 members (excludes halogenated alkanes) is 3. The van der Waals surface area contributed by atoms with Gasteiger partial charge in [-0.05, 0) is 27.2 Å². The van der Waals surface area contributed by atoms with Crippen LogP contribution in [0.15, 0.2) is 0 Å². The summed E-state index contributed by atoms with van der Waals surface area (Å²) in [6.07, 6.45) is 4.98. The van der Waals surface area contributed by atoms with Gasteiger partial charge in [-0.1, -0.05) is 26.2 Å². The van der Waals surface area contributed by atoms with E-state index in [1.807, 2.05) is 20.8 Å². The third kappa shape index (κ3) is 17.2. The molecular formula is C18H34O6. The van der Waals surface area contributed by atoms with E-state index in [0.29, 0.717) is 32.8 Å². The van der Waals surface area contributed by atoms with E-state index in [0.717, 1.165) is 25.7 Å². The number of ether oxygens (including phenoxy) is 4. The number of hydrogen-bond acceptors (Lipinski definition) is 6. The van der Waals surface area contributed by atoms with Crippen molar-refractivity contribution in [3.8, 4) is 0 Å². The number of hydrogen-bond donors (Lipinski definition) is 0. The molecule has 24 heavy (non-hydrogen) atoms. The predicted molar refractivity (Wildman–Crippen MR) is 91.8 cm³/mol. The summed E-state index contributed by atoms with van der Waals surface area (Å²) in [5.41, 5.74) is -0.465. The minimum Gasteiger partial charge on any atom is -0.463 e. The average molecular weight is 346 g/mol. The summed E-state index contributed by atoms with van der Waals surface area (Å²) in [7, 11) is 0. The van der Waals surface area contributed by atoms with Crippen LogP contribution in [0.3, 0.4) is 0 Å². The highest BCUT2D eigenvalue weighted by molar-refractivity contribution is 5.70. The van der Waals surface area contributed by atoms with Gasteiger partial charge in [-0.3, -0.25) is 9.59 Å². The smallest absolute Gasteiger partial charge is 0.308 e. The zero-order valence-corrected chi connectivity index (χ0v) is 15.7. The first kappa shape index (κ1) is 22.9. The lowest BCUT2D eigenvalue weighted by molar-refractivity contribution is -0.156. The highest BCUT2D eigenvalue weighted by Gasteiger charge is 2.15. The molecule has 0 heterocycles. The summed E-state index contributed by atoms with van der Waals surface area (Å²) in [4.78, 5) is 22.8. The zero-order valence-electron chi connectivity index (χ0n) is 15.7. The van der Waals surface area contributed by atoms with Crippen LogP contribution in [0.25, 0.3) is 0 Å². The van der Waals surface area contributed by atoms with Gasteiger partial charge in [0.05, 0.1) is 32.8 Å². The Morgan fingerprint density at radius 2 is 1.38 bits per heavy atom. The first-order chi connectivity index (χ1) is 11.3. The summed E-state index contributed by atoms with van der Waals surface area (Å²) in [6, 6.07) is 0. The van der Waals surface area contributed by atoms with Crippen LogP contribution in [-0.2, 0) is 28.5 Å². The molecular weight excluding hydrogens is 312 g/mol. The molecule has 0 aromatic rings. The van der Waals surface area contributed by atoms with Crippen LogP contribution < -0.4 is 0 Å². The van der Waals surface area contributed by atoms with Gasteiger partial charge in [0.2, 0.25) is 0 Å². The molecule has 0 saturated heterocycles. The van der Waals surface area contributed by atoms with Crippen LogP contribution in [0.2, 0.25) is 0 Å². The van der Waals surface area contributed by atoms with Crippen LogP contribution in [0.1, 0.15) is 66.2 Å². The topological polar surface area (TPSA) is 71.1 Å². The molecule has 0 unspecified atom stereocenters. The molecule has 0 amide bonds. The molecule has 142 valence electrons. The molecule has 0 fully saturated rings. The molecule has 0 saturated carbocycles. The van der Waals surface area contributed by atoms with Gasteiger partial charge in [-0.15, -0.1) is 0 Å². The Hall–Kier alpha value is -1.14. The molecule has 0 aliphatic carbocycles. The van der Waals surface area contributed by atoms with Gasteiger partial charge in [-0.25, -0.2) is 0 Å². The van der Waals surface area contributed by atoms with E-state index < -0.39 is 5.60 Å². The summed E-state index contributed by atoms with van der Waals surface area (Å²) >= 11 is 0. The molecule has 0 aliphatic heterocycles. The Kier molecular flexibility index (Phi) is 13.5. The molecule has 0 spiro atoms. The van der Waals surface area contributed by atoms with Crippen molar-refractivity contribution >= 4 is 11.9 Å². The Morgan fingerprint density at radius 3 is 2.00 bits per heavy atom. The maximum atomic E-state index is 11.4. The molecule has 0 bridgehead atoms. The number of rotatable bonds is 14. The van der Waals surface area contributed by atoms with Gasteiger partial charge in [0, 0.05) is 6.42 Å². The van der Waals surface area contributed by atoms with E-state index in [4.69, 9.17) is 18.9 Å². The minimum absolute atomic E-state index is 0.164. The standard InChI is InChI=1S/C18H34O6/c1-5-6-7-8-9-16(19)23-15-14-22-13-12-21-11-10-17(20)24-18(2,3)4/h5-15H2,1-4H3. The third-order valence-electron chi connectivity index (χ3n) is 2.97. The van der Waals surface area contributed by atoms with E-state index in [-0.39, 0.29) is 25.0 Å². The second-order valence-corrected chi connectivity index (χ2v) is 6.59. The monoisotopic (exact) mass is 346 g/mol. The largest absolute Gasteiger partial charge is 0.463 e. The van der Waals surface area contributed by atoms with Crippen LogP contribution in [0.4, 0.5) is 0 Å². The Bertz CT molecular complexity index is 335. The molecule has 0 radical (unpaired) electrons. The Morgan fingerprint density at radius 1 is 0.750 bits per heavy atom. The van der Waals surface area contributed by atoms with Crippen LogP contribution in [0, 0.1) is 0 Å². The van der Waals surface area contributed by atoms with E-state index >= 15 is 0 Å². The fraction of sp³-hybridized carbons (Fsp3) is 0.889. The molecule has 6 nitrogen and oxygen atoms in total. The molecule has 0 aromatic carbocycles. The van der Waals surface area contributed by atoms with Crippen molar-refractivity contribution in [1.82, 2.24) is 0 Å². The quantitative estimate of drug-likeness (QED) is 0.355. The molecule has 0 rings (SSSR count). The number of carbonyl (C=O) groups excluding carboxylic acids is 2. The van der Waals surface area contributed by atoms with Crippen molar-refractivity contribution < 1.29 is 28.5 Å². The second-order valence-electron chi connectivity index (χ2n) is 6.59. The lowest BCUT2D eigenvalue weighted by Gasteiger charge is -2.19. The Labute approximate surface area is 146 Å². The average Bonchev–Trinajstić information content (AvgIpc) is 2.48. The first-order valence-corrected chi connectivity index (χ1v) is 8.88. The fourth-order valence-corrected chi connectivity index (χ4v) is 1.85. The Balaban J connectivity index is 3.31. The number of esters is 2. The molecule has 6 heteroatoms. The maximum Gasteiger partial charge on any atom is 0.308 e. The SMILES string of the molecule is CCCCCCC(=O)OCCOCCOCCC(=O)OC(C)(C)C. The van der Waals surface area contributed by atoms with Gasteiger partial charge in [-0.2, -0.15) is 0 Å². The van der Waals surface area contributed by atoms with Gasteiger partial charge in [0.25, 0.3) is 0 Å². The van der Waals surface area contributed by atoms with Crippen molar-refractivity contribution in [3.63, 3.8) is 0 Å². The summed E-state index contributed by atoms with van der Waals surface area (Å²) in [6.45, 7) is 9.37. The van der Waals surface area contributed by atoms with E-state index in [2.05, 4.69) is 6.92 Å². The first-order valence-electron chi connectivity index (χ1n) is 8.88. The van der Waals surface area contributed by atoms with E-state index in [1.165, 1.54) is 0 Å². The molecule has 0 aliphatic rings. The fourth-order valence-electron chi connectivity index (χ4n) is 1.85. The lowest BCUT2D eigenvalue weighted by atomic mass is 10.2. The third-order valence-corrected chi connectivity index (χ3v) is 2.97. The molecule has 0 atom stereocenters. The van der Waals surface area contributed by atoms with E-state index in [1.54, 1.807) is 0 Å². The highest BCUT2D eigenvalue weighted by Crippen LogP contribution is 2.08. The summed E-state index contributed by atoms with van der Waals surface area (Å²) < 4.78 is 20.8. The van der Waals surface area contributed by atoms with Crippen molar-refractivity contribution in [2.75, 3.05) is 33.0 Å². The maximum absolute atomic E-state index is 11.4. The van der Waals surface area contributed by atoms with Crippen molar-refractivity contribution in [2.45, 2.75) is 71.8 Å². The van der Waals surface area contributed by atoms with Crippen LogP contribution in [0.5, 0.6) is 0 Å². The summed E-state index contributed by atoms with van der Waals surface area (Å²) in [5, 5.41) is 0. The zero-order chi connectivity index (χ0) is 18.3. The number of carbonyl (C=O) groups is 2. The lowest BCUT2D eigenvalue weighted by Crippen LogP contribution is -2.24. The van der Waals surface area contributed by atoms with Gasteiger partial charge < -0.3 is 18.9 Å². The molecule has 0 N–H and O–H groups in total. The van der Waals surface area contributed by atoms with Gasteiger partial charge in [0.1, 0.15) is 12.2 Å². The van der Waals surface area contributed by atoms with Crippen molar-refractivity contribution in [3.05, 3.63) is 0 Å². The molecule has 0 aromatic heterocycles. The second kappa shape index (κ2) is 14.2. The van der Waals surface area contributed by atoms with Crippen LogP contribution in [-0.4, -0.2) is 50.6 Å². The minimum atomic E-state index is -0.465. The van der Waals surface area contributed by atoms with Gasteiger partial charge >= 0.3 is 11.9 Å².